The molecule has 110 valence electrons. The summed E-state index contributed by atoms with van der Waals surface area (Å²) in [6.45, 7) is 0.657. The third-order valence-corrected chi connectivity index (χ3v) is 3.57. The minimum absolute atomic E-state index is 0.0612. The lowest BCUT2D eigenvalue weighted by Crippen LogP contribution is -2.21. The van der Waals surface area contributed by atoms with Crippen molar-refractivity contribution < 1.29 is 10.0 Å². The van der Waals surface area contributed by atoms with Gasteiger partial charge in [-0.2, -0.15) is 0 Å². The highest BCUT2D eigenvalue weighted by Gasteiger charge is 2.14. The molecule has 0 saturated heterocycles. The largest absolute Gasteiger partial charge is 0.387 e. The fraction of sp³-hybridized carbons (Fsp3) is 0.200. The van der Waals surface area contributed by atoms with Gasteiger partial charge in [0.1, 0.15) is 0 Å². The molecule has 0 saturated carbocycles. The Morgan fingerprint density at radius 1 is 1.24 bits per heavy atom. The molecule has 0 fully saturated rings. The van der Waals surface area contributed by atoms with Crippen molar-refractivity contribution in [3.05, 3.63) is 74.2 Å². The molecule has 1 unspecified atom stereocenters. The summed E-state index contributed by atoms with van der Waals surface area (Å²) in [6.07, 6.45) is -0.638. The molecule has 2 aromatic rings. The monoisotopic (exact) mass is 350 g/mol. The van der Waals surface area contributed by atoms with Gasteiger partial charge in [0, 0.05) is 29.2 Å². The average molecular weight is 351 g/mol. The standard InChI is InChI=1S/C15H15BrN2O3/c16-13-7-6-12(14(8-13)18(20)21)9-17-10-15(19)11-4-2-1-3-5-11/h1-8,15,17,19H,9-10H2. The van der Waals surface area contributed by atoms with Gasteiger partial charge in [0.15, 0.2) is 0 Å². The van der Waals surface area contributed by atoms with Crippen molar-refractivity contribution in [2.45, 2.75) is 12.6 Å². The summed E-state index contributed by atoms with van der Waals surface area (Å²) >= 11 is 3.22. The van der Waals surface area contributed by atoms with Crippen LogP contribution < -0.4 is 5.32 Å². The molecule has 2 rings (SSSR count). The summed E-state index contributed by atoms with van der Waals surface area (Å²) in [5.74, 6) is 0. The number of nitrogens with zero attached hydrogens (tertiary/aromatic N) is 1. The van der Waals surface area contributed by atoms with E-state index in [2.05, 4.69) is 21.2 Å². The molecule has 0 aliphatic carbocycles. The first-order valence-electron chi connectivity index (χ1n) is 6.44. The summed E-state index contributed by atoms with van der Waals surface area (Å²) in [5, 5.41) is 24.1. The number of halogens is 1. The second-order valence-corrected chi connectivity index (χ2v) is 5.50. The highest BCUT2D eigenvalue weighted by atomic mass is 79.9. The lowest BCUT2D eigenvalue weighted by atomic mass is 10.1. The molecule has 0 amide bonds. The minimum Gasteiger partial charge on any atom is -0.387 e. The van der Waals surface area contributed by atoms with Gasteiger partial charge in [-0.25, -0.2) is 0 Å². The van der Waals surface area contributed by atoms with Crippen LogP contribution in [0.4, 0.5) is 5.69 Å². The van der Waals surface area contributed by atoms with Gasteiger partial charge in [-0.15, -0.1) is 0 Å². The molecule has 0 spiro atoms. The van der Waals surface area contributed by atoms with Crippen LogP contribution in [0, 0.1) is 10.1 Å². The summed E-state index contributed by atoms with van der Waals surface area (Å²) in [6, 6.07) is 14.2. The molecule has 0 heterocycles. The Kier molecular flexibility index (Phi) is 5.44. The zero-order valence-electron chi connectivity index (χ0n) is 11.2. The summed E-state index contributed by atoms with van der Waals surface area (Å²) in [7, 11) is 0. The van der Waals surface area contributed by atoms with E-state index in [1.165, 1.54) is 6.07 Å². The summed E-state index contributed by atoms with van der Waals surface area (Å²) in [4.78, 5) is 10.6. The van der Waals surface area contributed by atoms with Crippen molar-refractivity contribution in [3.8, 4) is 0 Å². The van der Waals surface area contributed by atoms with Crippen LogP contribution in [0.15, 0.2) is 53.0 Å². The van der Waals surface area contributed by atoms with E-state index in [0.717, 1.165) is 5.56 Å². The van der Waals surface area contributed by atoms with Gasteiger partial charge in [-0.05, 0) is 17.7 Å². The van der Waals surface area contributed by atoms with E-state index in [0.29, 0.717) is 23.1 Å². The molecule has 2 aromatic carbocycles. The zero-order valence-corrected chi connectivity index (χ0v) is 12.8. The van der Waals surface area contributed by atoms with Crippen LogP contribution in [0.2, 0.25) is 0 Å². The normalized spacial score (nSPS) is 12.1. The molecule has 0 aliphatic heterocycles. The molecule has 5 nitrogen and oxygen atoms in total. The molecule has 21 heavy (non-hydrogen) atoms. The number of hydrogen-bond acceptors (Lipinski definition) is 4. The van der Waals surface area contributed by atoms with Crippen LogP contribution in [0.25, 0.3) is 0 Å². The van der Waals surface area contributed by atoms with Crippen molar-refractivity contribution in [3.63, 3.8) is 0 Å². The quantitative estimate of drug-likeness (QED) is 0.619. The Bertz CT molecular complexity index is 620. The molecular weight excluding hydrogens is 336 g/mol. The first-order chi connectivity index (χ1) is 10.1. The Morgan fingerprint density at radius 2 is 1.95 bits per heavy atom. The maximum Gasteiger partial charge on any atom is 0.275 e. The zero-order chi connectivity index (χ0) is 15.2. The third kappa shape index (κ3) is 4.35. The highest BCUT2D eigenvalue weighted by Crippen LogP contribution is 2.23. The van der Waals surface area contributed by atoms with E-state index in [1.54, 1.807) is 12.1 Å². The van der Waals surface area contributed by atoms with Crippen LogP contribution in [-0.2, 0) is 6.54 Å². The number of nitro benzene ring substituents is 1. The Labute approximate surface area is 130 Å². The maximum absolute atomic E-state index is 11.0. The summed E-state index contributed by atoms with van der Waals surface area (Å²) < 4.78 is 0.669. The molecule has 1 atom stereocenters. The Hall–Kier alpha value is -1.76. The SMILES string of the molecule is O=[N+]([O-])c1cc(Br)ccc1CNCC(O)c1ccccc1. The van der Waals surface area contributed by atoms with Gasteiger partial charge >= 0.3 is 0 Å². The Balaban J connectivity index is 1.96. The predicted octanol–water partition coefficient (Wildman–Crippen LogP) is 3.18. The second kappa shape index (κ2) is 7.31. The number of hydrogen-bond donors (Lipinski definition) is 2. The van der Waals surface area contributed by atoms with Gasteiger partial charge in [-0.1, -0.05) is 46.3 Å². The predicted molar refractivity (Wildman–Crippen MR) is 83.9 cm³/mol. The van der Waals surface area contributed by atoms with E-state index in [9.17, 15) is 15.2 Å². The van der Waals surface area contributed by atoms with Crippen LogP contribution in [0.5, 0.6) is 0 Å². The number of nitro groups is 1. The van der Waals surface area contributed by atoms with E-state index in [-0.39, 0.29) is 5.69 Å². The number of aliphatic hydroxyl groups is 1. The van der Waals surface area contributed by atoms with E-state index in [4.69, 9.17) is 0 Å². The van der Waals surface area contributed by atoms with E-state index >= 15 is 0 Å². The molecule has 0 aromatic heterocycles. The fourth-order valence-corrected chi connectivity index (χ4v) is 2.34. The van der Waals surface area contributed by atoms with Crippen LogP contribution >= 0.6 is 15.9 Å². The highest BCUT2D eigenvalue weighted by molar-refractivity contribution is 9.10. The molecule has 6 heteroatoms. The van der Waals surface area contributed by atoms with Crippen molar-refractivity contribution in [2.75, 3.05) is 6.54 Å². The van der Waals surface area contributed by atoms with Crippen molar-refractivity contribution >= 4 is 21.6 Å². The minimum atomic E-state index is -0.638. The van der Waals surface area contributed by atoms with Crippen LogP contribution in [0.3, 0.4) is 0 Å². The summed E-state index contributed by atoms with van der Waals surface area (Å²) in [5.41, 5.74) is 1.46. The van der Waals surface area contributed by atoms with Gasteiger partial charge in [0.05, 0.1) is 11.0 Å². The number of aliphatic hydroxyl groups excluding tert-OH is 1. The first-order valence-corrected chi connectivity index (χ1v) is 7.24. The second-order valence-electron chi connectivity index (χ2n) is 4.59. The lowest BCUT2D eigenvalue weighted by molar-refractivity contribution is -0.385. The number of rotatable bonds is 6. The van der Waals surface area contributed by atoms with Gasteiger partial charge in [0.25, 0.3) is 5.69 Å². The molecule has 2 N–H and O–H groups in total. The third-order valence-electron chi connectivity index (χ3n) is 3.08. The lowest BCUT2D eigenvalue weighted by Gasteiger charge is -2.12. The van der Waals surface area contributed by atoms with E-state index in [1.807, 2.05) is 30.3 Å². The first kappa shape index (κ1) is 15.6. The van der Waals surface area contributed by atoms with Gasteiger partial charge in [-0.3, -0.25) is 10.1 Å². The van der Waals surface area contributed by atoms with Crippen LogP contribution in [0.1, 0.15) is 17.2 Å². The maximum atomic E-state index is 11.0. The van der Waals surface area contributed by atoms with Crippen molar-refractivity contribution in [1.29, 1.82) is 0 Å². The number of benzene rings is 2. The molecule has 0 aliphatic rings. The Morgan fingerprint density at radius 3 is 2.62 bits per heavy atom. The molecule has 0 radical (unpaired) electrons. The molecular formula is C15H15BrN2O3. The van der Waals surface area contributed by atoms with Crippen molar-refractivity contribution in [1.82, 2.24) is 5.32 Å². The topological polar surface area (TPSA) is 75.4 Å². The fourth-order valence-electron chi connectivity index (χ4n) is 1.99. The van der Waals surface area contributed by atoms with E-state index < -0.39 is 11.0 Å². The van der Waals surface area contributed by atoms with Crippen LogP contribution in [-0.4, -0.2) is 16.6 Å². The van der Waals surface area contributed by atoms with Gasteiger partial charge in [0.2, 0.25) is 0 Å². The average Bonchev–Trinajstić information content (AvgIpc) is 2.49. The smallest absolute Gasteiger partial charge is 0.275 e. The molecule has 0 bridgehead atoms. The van der Waals surface area contributed by atoms with Crippen molar-refractivity contribution in [2.24, 2.45) is 0 Å². The number of nitrogens with one attached hydrogen (secondary N) is 1. The van der Waals surface area contributed by atoms with Gasteiger partial charge < -0.3 is 10.4 Å².